The number of hydrogen-bond donors (Lipinski definition) is 2. The number of thioether (sulfide) groups is 1. The van der Waals surface area contributed by atoms with E-state index in [1.807, 2.05) is 32.0 Å². The van der Waals surface area contributed by atoms with E-state index in [9.17, 15) is 31.2 Å². The summed E-state index contributed by atoms with van der Waals surface area (Å²) in [4.78, 5) is 25.8. The molecule has 0 spiro atoms. The Morgan fingerprint density at radius 1 is 0.957 bits per heavy atom. The number of sulfonamides is 1. The van der Waals surface area contributed by atoms with Gasteiger partial charge in [-0.05, 0) is 86.3 Å². The van der Waals surface area contributed by atoms with Crippen molar-refractivity contribution in [2.75, 3.05) is 24.2 Å². The summed E-state index contributed by atoms with van der Waals surface area (Å²) in [7, 11) is -3.65. The third kappa shape index (κ3) is 7.59. The van der Waals surface area contributed by atoms with Crippen molar-refractivity contribution in [3.8, 4) is 5.69 Å². The van der Waals surface area contributed by atoms with Gasteiger partial charge in [0.15, 0.2) is 11.0 Å². The SMILES string of the molecule is Cc1ccc(C)c(NC(=O)CSc2nnc(CNC(=O)c3ccc(S(=O)(=O)N4CCCC4)cc3)n2-c2cccc(C(F)(F)F)c2)c1. The first-order chi connectivity index (χ1) is 21.8. The molecule has 2 heterocycles. The van der Waals surface area contributed by atoms with Crippen LogP contribution in [-0.2, 0) is 27.5 Å². The van der Waals surface area contributed by atoms with Crippen LogP contribution < -0.4 is 10.6 Å². The van der Waals surface area contributed by atoms with Gasteiger partial charge in [0.05, 0.1) is 28.4 Å². The van der Waals surface area contributed by atoms with Crippen molar-refractivity contribution in [3.05, 3.63) is 94.8 Å². The van der Waals surface area contributed by atoms with Crippen LogP contribution in [0.4, 0.5) is 18.9 Å². The Morgan fingerprint density at radius 3 is 2.37 bits per heavy atom. The molecular weight excluding hydrogens is 642 g/mol. The summed E-state index contributed by atoms with van der Waals surface area (Å²) in [6, 6.07) is 15.7. The summed E-state index contributed by atoms with van der Waals surface area (Å²) in [6.07, 6.45) is -3.01. The number of aryl methyl sites for hydroxylation is 2. The largest absolute Gasteiger partial charge is 0.416 e. The molecular formula is C31H31F3N6O4S2. The summed E-state index contributed by atoms with van der Waals surface area (Å²) in [5.74, 6) is -0.879. The maximum Gasteiger partial charge on any atom is 0.416 e. The molecule has 0 bridgehead atoms. The fourth-order valence-corrected chi connectivity index (χ4v) is 7.18. The van der Waals surface area contributed by atoms with Crippen molar-refractivity contribution in [2.45, 2.75) is 49.5 Å². The van der Waals surface area contributed by atoms with Crippen molar-refractivity contribution < 1.29 is 31.2 Å². The van der Waals surface area contributed by atoms with E-state index in [4.69, 9.17) is 0 Å². The van der Waals surface area contributed by atoms with Crippen molar-refractivity contribution in [1.82, 2.24) is 24.4 Å². The van der Waals surface area contributed by atoms with Crippen LogP contribution in [0.5, 0.6) is 0 Å². The number of rotatable bonds is 10. The minimum atomic E-state index is -4.61. The summed E-state index contributed by atoms with van der Waals surface area (Å²) >= 11 is 0.981. The molecule has 0 radical (unpaired) electrons. The number of aromatic nitrogens is 3. The maximum atomic E-state index is 13.6. The third-order valence-electron chi connectivity index (χ3n) is 7.36. The molecule has 4 aromatic rings. The fraction of sp³-hybridized carbons (Fsp3) is 0.290. The number of halogens is 3. The van der Waals surface area contributed by atoms with Crippen molar-refractivity contribution >= 4 is 39.3 Å². The van der Waals surface area contributed by atoms with Gasteiger partial charge in [-0.2, -0.15) is 17.5 Å². The molecule has 0 saturated carbocycles. The van der Waals surface area contributed by atoms with Gasteiger partial charge in [0, 0.05) is 24.3 Å². The second-order valence-corrected chi connectivity index (χ2v) is 13.6. The molecule has 15 heteroatoms. The highest BCUT2D eigenvalue weighted by molar-refractivity contribution is 7.99. The molecule has 242 valence electrons. The normalized spacial score (nSPS) is 13.9. The number of carbonyl (C=O) groups excluding carboxylic acids is 2. The number of nitrogens with zero attached hydrogens (tertiary/aromatic N) is 4. The van der Waals surface area contributed by atoms with Gasteiger partial charge in [0.25, 0.3) is 5.91 Å². The molecule has 10 nitrogen and oxygen atoms in total. The zero-order chi connectivity index (χ0) is 33.1. The van der Waals surface area contributed by atoms with E-state index in [-0.39, 0.29) is 45.3 Å². The number of nitrogens with one attached hydrogen (secondary N) is 2. The van der Waals surface area contributed by atoms with Gasteiger partial charge in [-0.3, -0.25) is 14.2 Å². The van der Waals surface area contributed by atoms with Gasteiger partial charge in [-0.25, -0.2) is 8.42 Å². The van der Waals surface area contributed by atoms with Crippen LogP contribution in [0.3, 0.4) is 0 Å². The molecule has 0 aliphatic carbocycles. The molecule has 1 fully saturated rings. The highest BCUT2D eigenvalue weighted by Crippen LogP contribution is 2.32. The monoisotopic (exact) mass is 672 g/mol. The molecule has 1 aliphatic heterocycles. The molecule has 1 saturated heterocycles. The average molecular weight is 673 g/mol. The zero-order valence-corrected chi connectivity index (χ0v) is 26.6. The van der Waals surface area contributed by atoms with Gasteiger partial charge >= 0.3 is 6.18 Å². The summed E-state index contributed by atoms with van der Waals surface area (Å²) in [5.41, 5.74) is 1.88. The van der Waals surface area contributed by atoms with Crippen LogP contribution in [0, 0.1) is 13.8 Å². The van der Waals surface area contributed by atoms with Crippen LogP contribution in [0.2, 0.25) is 0 Å². The van der Waals surface area contributed by atoms with Crippen LogP contribution in [0.25, 0.3) is 5.69 Å². The van der Waals surface area contributed by atoms with E-state index in [0.29, 0.717) is 18.8 Å². The van der Waals surface area contributed by atoms with E-state index in [0.717, 1.165) is 47.9 Å². The minimum absolute atomic E-state index is 0.0819. The number of hydrogen-bond acceptors (Lipinski definition) is 7. The Bertz CT molecular complexity index is 1850. The number of amides is 2. The molecule has 5 rings (SSSR count). The maximum absolute atomic E-state index is 13.6. The van der Waals surface area contributed by atoms with Crippen molar-refractivity contribution in [2.24, 2.45) is 0 Å². The predicted octanol–water partition coefficient (Wildman–Crippen LogP) is 5.35. The lowest BCUT2D eigenvalue weighted by atomic mass is 10.1. The van der Waals surface area contributed by atoms with Gasteiger partial charge in [0.1, 0.15) is 0 Å². The van der Waals surface area contributed by atoms with Gasteiger partial charge in [0.2, 0.25) is 15.9 Å². The van der Waals surface area contributed by atoms with E-state index in [1.165, 1.54) is 45.3 Å². The number of anilines is 1. The molecule has 0 unspecified atom stereocenters. The molecule has 3 aromatic carbocycles. The van der Waals surface area contributed by atoms with Gasteiger partial charge < -0.3 is 10.6 Å². The Hall–Kier alpha value is -4.21. The lowest BCUT2D eigenvalue weighted by Gasteiger charge is -2.15. The molecule has 1 aromatic heterocycles. The molecule has 1 aliphatic rings. The third-order valence-corrected chi connectivity index (χ3v) is 10.2. The Morgan fingerprint density at radius 2 is 1.67 bits per heavy atom. The Labute approximate surface area is 268 Å². The molecule has 2 amide bonds. The first-order valence-electron chi connectivity index (χ1n) is 14.3. The van der Waals surface area contributed by atoms with Gasteiger partial charge in [-0.15, -0.1) is 10.2 Å². The number of alkyl halides is 3. The quantitative estimate of drug-likeness (QED) is 0.218. The summed E-state index contributed by atoms with van der Waals surface area (Å²) in [5, 5.41) is 13.9. The van der Waals surface area contributed by atoms with E-state index >= 15 is 0 Å². The highest BCUT2D eigenvalue weighted by Gasteiger charge is 2.31. The second-order valence-electron chi connectivity index (χ2n) is 10.8. The Kier molecular flexibility index (Phi) is 9.84. The first kappa shape index (κ1) is 33.2. The van der Waals surface area contributed by atoms with Crippen LogP contribution >= 0.6 is 11.8 Å². The average Bonchev–Trinajstić information content (AvgIpc) is 3.72. The Balaban J connectivity index is 1.34. The predicted molar refractivity (Wildman–Crippen MR) is 167 cm³/mol. The lowest BCUT2D eigenvalue weighted by Crippen LogP contribution is -2.28. The lowest BCUT2D eigenvalue weighted by molar-refractivity contribution is -0.137. The van der Waals surface area contributed by atoms with Crippen molar-refractivity contribution in [1.29, 1.82) is 0 Å². The topological polar surface area (TPSA) is 126 Å². The van der Waals surface area contributed by atoms with Crippen LogP contribution in [0.15, 0.2) is 76.8 Å². The highest BCUT2D eigenvalue weighted by atomic mass is 32.2. The van der Waals surface area contributed by atoms with E-state index in [1.54, 1.807) is 0 Å². The minimum Gasteiger partial charge on any atom is -0.345 e. The number of benzene rings is 3. The zero-order valence-electron chi connectivity index (χ0n) is 25.0. The standard InChI is InChI=1S/C31H31F3N6O4S2/c1-20-8-9-21(2)26(16-20)36-28(41)19-45-30-38-37-27(40(30)24-7-5-6-23(17-24)31(32,33)34)18-35-29(42)22-10-12-25(13-11-22)46(43,44)39-14-3-4-15-39/h5-13,16-17H,3-4,14-15,18-19H2,1-2H3,(H,35,42)(H,36,41). The smallest absolute Gasteiger partial charge is 0.345 e. The molecule has 46 heavy (non-hydrogen) atoms. The summed E-state index contributed by atoms with van der Waals surface area (Å²) < 4.78 is 69.1. The van der Waals surface area contributed by atoms with Crippen molar-refractivity contribution in [3.63, 3.8) is 0 Å². The molecule has 2 N–H and O–H groups in total. The van der Waals surface area contributed by atoms with Crippen LogP contribution in [-0.4, -0.2) is 58.1 Å². The molecule has 0 atom stereocenters. The van der Waals surface area contributed by atoms with E-state index < -0.39 is 27.7 Å². The van der Waals surface area contributed by atoms with Gasteiger partial charge in [-0.1, -0.05) is 30.0 Å². The fourth-order valence-electron chi connectivity index (χ4n) is 4.89. The summed E-state index contributed by atoms with van der Waals surface area (Å²) in [6.45, 7) is 4.45. The first-order valence-corrected chi connectivity index (χ1v) is 16.8. The second kappa shape index (κ2) is 13.6. The van der Waals surface area contributed by atoms with E-state index in [2.05, 4.69) is 20.8 Å². The number of carbonyl (C=O) groups is 2. The van der Waals surface area contributed by atoms with Crippen LogP contribution in [0.1, 0.15) is 45.7 Å².